The number of benzene rings is 1. The summed E-state index contributed by atoms with van der Waals surface area (Å²) in [6.45, 7) is 9.10. The zero-order chi connectivity index (χ0) is 12.8. The Morgan fingerprint density at radius 1 is 1.24 bits per heavy atom. The van der Waals surface area contributed by atoms with Crippen molar-refractivity contribution in [3.05, 3.63) is 35.4 Å². The Balaban J connectivity index is 2.91. The van der Waals surface area contributed by atoms with Gasteiger partial charge >= 0.3 is 0 Å². The molecule has 0 amide bonds. The number of hydrazine groups is 1. The van der Waals surface area contributed by atoms with E-state index in [1.807, 2.05) is 6.92 Å². The molecule has 3 N–H and O–H groups in total. The number of hydrogen-bond donors (Lipinski definition) is 2. The second-order valence-corrected chi connectivity index (χ2v) is 4.72. The number of ether oxygens (including phenoxy) is 1. The van der Waals surface area contributed by atoms with Gasteiger partial charge in [-0.25, -0.2) is 0 Å². The summed E-state index contributed by atoms with van der Waals surface area (Å²) in [4.78, 5) is 0. The van der Waals surface area contributed by atoms with E-state index >= 15 is 0 Å². The predicted octanol–water partition coefficient (Wildman–Crippen LogP) is 2.56. The molecule has 2 unspecified atom stereocenters. The van der Waals surface area contributed by atoms with Gasteiger partial charge in [0.1, 0.15) is 0 Å². The molecule has 1 rings (SSSR count). The molecule has 0 heterocycles. The van der Waals surface area contributed by atoms with Crippen LogP contribution in [0.2, 0.25) is 0 Å². The van der Waals surface area contributed by atoms with Gasteiger partial charge in [0.25, 0.3) is 0 Å². The van der Waals surface area contributed by atoms with E-state index in [-0.39, 0.29) is 12.1 Å². The van der Waals surface area contributed by atoms with Crippen LogP contribution >= 0.6 is 0 Å². The highest BCUT2D eigenvalue weighted by Crippen LogP contribution is 2.24. The van der Waals surface area contributed by atoms with Crippen molar-refractivity contribution in [2.75, 3.05) is 6.61 Å². The molecule has 0 radical (unpaired) electrons. The first-order chi connectivity index (χ1) is 8.10. The SMILES string of the molecule is CCOC(C(C)C)C(NN)c1ccc(C)cc1. The highest BCUT2D eigenvalue weighted by Gasteiger charge is 2.25. The lowest BCUT2D eigenvalue weighted by atomic mass is 9.93. The fraction of sp³-hybridized carbons (Fsp3) is 0.571. The lowest BCUT2D eigenvalue weighted by molar-refractivity contribution is 0.00277. The van der Waals surface area contributed by atoms with E-state index in [4.69, 9.17) is 10.6 Å². The quantitative estimate of drug-likeness (QED) is 0.589. The number of nitrogens with one attached hydrogen (secondary N) is 1. The third-order valence-electron chi connectivity index (χ3n) is 2.96. The minimum atomic E-state index is 0.0375. The van der Waals surface area contributed by atoms with Crippen LogP contribution in [0.1, 0.15) is 37.9 Å². The molecule has 0 saturated heterocycles. The van der Waals surface area contributed by atoms with Crippen molar-refractivity contribution in [1.29, 1.82) is 0 Å². The molecule has 0 fully saturated rings. The summed E-state index contributed by atoms with van der Waals surface area (Å²) in [6, 6.07) is 8.45. The van der Waals surface area contributed by atoms with Crippen LogP contribution < -0.4 is 11.3 Å². The largest absolute Gasteiger partial charge is 0.376 e. The van der Waals surface area contributed by atoms with Crippen LogP contribution in [0.3, 0.4) is 0 Å². The highest BCUT2D eigenvalue weighted by atomic mass is 16.5. The van der Waals surface area contributed by atoms with E-state index in [0.29, 0.717) is 12.5 Å². The Hall–Kier alpha value is -0.900. The second-order valence-electron chi connectivity index (χ2n) is 4.72. The van der Waals surface area contributed by atoms with Gasteiger partial charge in [-0.3, -0.25) is 11.3 Å². The molecule has 0 aliphatic heterocycles. The second kappa shape index (κ2) is 6.74. The molecular weight excluding hydrogens is 212 g/mol. The van der Waals surface area contributed by atoms with Crippen LogP contribution in [-0.2, 0) is 4.74 Å². The van der Waals surface area contributed by atoms with Crippen molar-refractivity contribution in [1.82, 2.24) is 5.43 Å². The van der Waals surface area contributed by atoms with Crippen molar-refractivity contribution in [2.24, 2.45) is 11.8 Å². The minimum absolute atomic E-state index is 0.0375. The van der Waals surface area contributed by atoms with Crippen LogP contribution in [0.15, 0.2) is 24.3 Å². The van der Waals surface area contributed by atoms with Crippen molar-refractivity contribution in [3.8, 4) is 0 Å². The molecule has 0 aromatic heterocycles. The van der Waals surface area contributed by atoms with Crippen molar-refractivity contribution < 1.29 is 4.74 Å². The predicted molar refractivity (Wildman–Crippen MR) is 71.5 cm³/mol. The van der Waals surface area contributed by atoms with Gasteiger partial charge in [-0.05, 0) is 25.3 Å². The lowest BCUT2D eigenvalue weighted by Gasteiger charge is -2.29. The molecule has 0 saturated carbocycles. The highest BCUT2D eigenvalue weighted by molar-refractivity contribution is 5.25. The topological polar surface area (TPSA) is 47.3 Å². The molecule has 0 spiro atoms. The van der Waals surface area contributed by atoms with E-state index in [0.717, 1.165) is 0 Å². The maximum Gasteiger partial charge on any atom is 0.0805 e. The fourth-order valence-corrected chi connectivity index (χ4v) is 2.02. The summed E-state index contributed by atoms with van der Waals surface area (Å²) < 4.78 is 5.80. The summed E-state index contributed by atoms with van der Waals surface area (Å²) in [5.41, 5.74) is 5.30. The first-order valence-corrected chi connectivity index (χ1v) is 6.24. The van der Waals surface area contributed by atoms with Gasteiger partial charge in [0.2, 0.25) is 0 Å². The Morgan fingerprint density at radius 3 is 2.24 bits per heavy atom. The first-order valence-electron chi connectivity index (χ1n) is 6.24. The van der Waals surface area contributed by atoms with Crippen LogP contribution in [0.4, 0.5) is 0 Å². The average molecular weight is 236 g/mol. The lowest BCUT2D eigenvalue weighted by Crippen LogP contribution is -2.40. The third-order valence-corrected chi connectivity index (χ3v) is 2.96. The smallest absolute Gasteiger partial charge is 0.0805 e. The molecule has 1 aromatic rings. The normalized spacial score (nSPS) is 14.9. The summed E-state index contributed by atoms with van der Waals surface area (Å²) in [5.74, 6) is 6.10. The molecule has 96 valence electrons. The number of nitrogens with two attached hydrogens (primary N) is 1. The number of rotatable bonds is 6. The Kier molecular flexibility index (Phi) is 5.62. The zero-order valence-corrected chi connectivity index (χ0v) is 11.2. The molecule has 3 heteroatoms. The van der Waals surface area contributed by atoms with Crippen LogP contribution in [0.5, 0.6) is 0 Å². The van der Waals surface area contributed by atoms with Crippen LogP contribution in [0, 0.1) is 12.8 Å². The number of aryl methyl sites for hydroxylation is 1. The van der Waals surface area contributed by atoms with Crippen LogP contribution in [0.25, 0.3) is 0 Å². The summed E-state index contributed by atoms with van der Waals surface area (Å²) >= 11 is 0. The van der Waals surface area contributed by atoms with Crippen molar-refractivity contribution in [3.63, 3.8) is 0 Å². The maximum atomic E-state index is 5.80. The van der Waals surface area contributed by atoms with Gasteiger partial charge in [-0.1, -0.05) is 43.7 Å². The van der Waals surface area contributed by atoms with Gasteiger partial charge in [0.05, 0.1) is 12.1 Å². The monoisotopic (exact) mass is 236 g/mol. The summed E-state index contributed by atoms with van der Waals surface area (Å²) in [5, 5.41) is 0. The molecular formula is C14H24N2O. The standard InChI is InChI=1S/C14H24N2O/c1-5-17-14(10(2)3)13(16-15)12-8-6-11(4)7-9-12/h6-10,13-14,16H,5,15H2,1-4H3. The van der Waals surface area contributed by atoms with Crippen molar-refractivity contribution in [2.45, 2.75) is 39.8 Å². The zero-order valence-electron chi connectivity index (χ0n) is 11.2. The van der Waals surface area contributed by atoms with Gasteiger partial charge in [-0.15, -0.1) is 0 Å². The fourth-order valence-electron chi connectivity index (χ4n) is 2.02. The number of hydrogen-bond acceptors (Lipinski definition) is 3. The van der Waals surface area contributed by atoms with E-state index in [1.165, 1.54) is 11.1 Å². The average Bonchev–Trinajstić information content (AvgIpc) is 2.31. The molecule has 3 nitrogen and oxygen atoms in total. The maximum absolute atomic E-state index is 5.80. The molecule has 2 atom stereocenters. The minimum Gasteiger partial charge on any atom is -0.376 e. The van der Waals surface area contributed by atoms with E-state index in [9.17, 15) is 0 Å². The molecule has 0 bridgehead atoms. The Bertz CT molecular complexity index is 321. The molecule has 1 aromatic carbocycles. The van der Waals surface area contributed by atoms with Gasteiger partial charge < -0.3 is 4.74 Å². The van der Waals surface area contributed by atoms with Gasteiger partial charge in [-0.2, -0.15) is 0 Å². The molecule has 0 aliphatic rings. The van der Waals surface area contributed by atoms with E-state index in [2.05, 4.69) is 50.5 Å². The van der Waals surface area contributed by atoms with E-state index in [1.54, 1.807) is 0 Å². The van der Waals surface area contributed by atoms with Crippen LogP contribution in [-0.4, -0.2) is 12.7 Å². The molecule has 17 heavy (non-hydrogen) atoms. The Labute approximate surface area is 104 Å². The van der Waals surface area contributed by atoms with Crippen molar-refractivity contribution >= 4 is 0 Å². The van der Waals surface area contributed by atoms with E-state index < -0.39 is 0 Å². The molecule has 0 aliphatic carbocycles. The Morgan fingerprint density at radius 2 is 1.82 bits per heavy atom. The summed E-state index contributed by atoms with van der Waals surface area (Å²) in [6.07, 6.45) is 0.0905. The summed E-state index contributed by atoms with van der Waals surface area (Å²) in [7, 11) is 0. The van der Waals surface area contributed by atoms with Gasteiger partial charge in [0.15, 0.2) is 0 Å². The van der Waals surface area contributed by atoms with Gasteiger partial charge in [0, 0.05) is 6.61 Å². The third kappa shape index (κ3) is 3.80. The first kappa shape index (κ1) is 14.2.